The average molecular weight is 256 g/mol. The highest BCUT2D eigenvalue weighted by Crippen LogP contribution is 2.27. The third-order valence-corrected chi connectivity index (χ3v) is 3.96. The first-order valence-corrected chi connectivity index (χ1v) is 7.05. The first-order valence-electron chi connectivity index (χ1n) is 7.05. The Hall–Kier alpha value is -1.77. The lowest BCUT2D eigenvalue weighted by atomic mass is 10.2. The maximum absolute atomic E-state index is 12.4. The molecule has 100 valence electrons. The van der Waals surface area contributed by atoms with Crippen LogP contribution in [0.5, 0.6) is 0 Å². The normalized spacial score (nSPS) is 14.8. The lowest BCUT2D eigenvalue weighted by molar-refractivity contribution is -0.132. The average Bonchev–Trinajstić information content (AvgIpc) is 3.17. The second-order valence-electron chi connectivity index (χ2n) is 5.34. The van der Waals surface area contributed by atoms with Crippen LogP contribution >= 0.6 is 0 Å². The van der Waals surface area contributed by atoms with E-state index in [1.165, 1.54) is 18.2 Å². The zero-order valence-corrected chi connectivity index (χ0v) is 11.6. The van der Waals surface area contributed by atoms with Gasteiger partial charge in [0.1, 0.15) is 6.54 Å². The van der Waals surface area contributed by atoms with Gasteiger partial charge in [0.2, 0.25) is 5.91 Å². The minimum Gasteiger partial charge on any atom is -0.338 e. The van der Waals surface area contributed by atoms with Crippen molar-refractivity contribution in [2.45, 2.75) is 39.3 Å². The van der Waals surface area contributed by atoms with Crippen molar-refractivity contribution in [3.05, 3.63) is 36.0 Å². The lowest BCUT2D eigenvalue weighted by Crippen LogP contribution is -2.35. The van der Waals surface area contributed by atoms with Gasteiger partial charge in [-0.3, -0.25) is 4.79 Å². The van der Waals surface area contributed by atoms with Gasteiger partial charge in [0.15, 0.2) is 0 Å². The minimum atomic E-state index is 0.245. The zero-order chi connectivity index (χ0) is 13.4. The molecule has 1 aliphatic rings. The summed E-state index contributed by atoms with van der Waals surface area (Å²) in [6.07, 6.45) is 2.34. The summed E-state index contributed by atoms with van der Waals surface area (Å²) >= 11 is 0. The molecule has 0 saturated heterocycles. The lowest BCUT2D eigenvalue weighted by Gasteiger charge is -2.21. The summed E-state index contributed by atoms with van der Waals surface area (Å²) in [4.78, 5) is 14.4. The van der Waals surface area contributed by atoms with Crippen molar-refractivity contribution in [2.24, 2.45) is 0 Å². The SMILES string of the molecule is CCN(C(=O)Cn1c(C)cc2ccccc21)C1CC1. The van der Waals surface area contributed by atoms with E-state index in [4.69, 9.17) is 0 Å². The number of carbonyl (C=O) groups excluding carboxylic acids is 1. The van der Waals surface area contributed by atoms with Crippen LogP contribution in [-0.2, 0) is 11.3 Å². The van der Waals surface area contributed by atoms with E-state index in [1.54, 1.807) is 0 Å². The van der Waals surface area contributed by atoms with Gasteiger partial charge in [0.05, 0.1) is 0 Å². The Morgan fingerprint density at radius 1 is 1.37 bits per heavy atom. The molecule has 1 fully saturated rings. The van der Waals surface area contributed by atoms with E-state index in [0.717, 1.165) is 17.8 Å². The van der Waals surface area contributed by atoms with Gasteiger partial charge in [-0.05, 0) is 44.2 Å². The van der Waals surface area contributed by atoms with Crippen LogP contribution in [0.15, 0.2) is 30.3 Å². The molecule has 1 heterocycles. The summed E-state index contributed by atoms with van der Waals surface area (Å²) in [6, 6.07) is 10.9. The second-order valence-corrected chi connectivity index (χ2v) is 5.34. The molecule has 1 aromatic heterocycles. The molecule has 1 saturated carbocycles. The standard InChI is InChI=1S/C16H20N2O/c1-3-17(14-8-9-14)16(19)11-18-12(2)10-13-6-4-5-7-15(13)18/h4-7,10,14H,3,8-9,11H2,1-2H3. The molecule has 0 atom stereocenters. The number of nitrogens with zero attached hydrogens (tertiary/aromatic N) is 2. The van der Waals surface area contributed by atoms with E-state index in [2.05, 4.69) is 36.6 Å². The van der Waals surface area contributed by atoms with E-state index in [1.807, 2.05) is 17.0 Å². The molecule has 3 heteroatoms. The van der Waals surface area contributed by atoms with Gasteiger partial charge >= 0.3 is 0 Å². The number of likely N-dealkylation sites (N-methyl/N-ethyl adjacent to an activating group) is 1. The Balaban J connectivity index is 1.88. The van der Waals surface area contributed by atoms with Crippen molar-refractivity contribution in [1.82, 2.24) is 9.47 Å². The summed E-state index contributed by atoms with van der Waals surface area (Å²) in [5, 5.41) is 1.21. The van der Waals surface area contributed by atoms with Crippen LogP contribution in [0.4, 0.5) is 0 Å². The smallest absolute Gasteiger partial charge is 0.242 e. The van der Waals surface area contributed by atoms with Crippen LogP contribution in [0.1, 0.15) is 25.5 Å². The third kappa shape index (κ3) is 2.25. The van der Waals surface area contributed by atoms with E-state index in [-0.39, 0.29) is 5.91 Å². The number of para-hydroxylation sites is 1. The Labute approximate surface area is 113 Å². The van der Waals surface area contributed by atoms with Crippen LogP contribution in [-0.4, -0.2) is 28.0 Å². The predicted molar refractivity (Wildman–Crippen MR) is 77.1 cm³/mol. The topological polar surface area (TPSA) is 25.2 Å². The summed E-state index contributed by atoms with van der Waals surface area (Å²) in [5.74, 6) is 0.245. The van der Waals surface area contributed by atoms with Crippen LogP contribution in [0.25, 0.3) is 10.9 Å². The van der Waals surface area contributed by atoms with Crippen LogP contribution in [0.3, 0.4) is 0 Å². The van der Waals surface area contributed by atoms with Crippen molar-refractivity contribution in [3.8, 4) is 0 Å². The van der Waals surface area contributed by atoms with Crippen molar-refractivity contribution in [2.75, 3.05) is 6.54 Å². The van der Waals surface area contributed by atoms with E-state index in [0.29, 0.717) is 12.6 Å². The number of fused-ring (bicyclic) bond motifs is 1. The monoisotopic (exact) mass is 256 g/mol. The molecule has 0 radical (unpaired) electrons. The molecule has 0 N–H and O–H groups in total. The van der Waals surface area contributed by atoms with Crippen LogP contribution in [0.2, 0.25) is 0 Å². The van der Waals surface area contributed by atoms with Gasteiger partial charge in [0.25, 0.3) is 0 Å². The molecule has 1 aliphatic carbocycles. The van der Waals surface area contributed by atoms with E-state index in [9.17, 15) is 4.79 Å². The number of rotatable bonds is 4. The van der Waals surface area contributed by atoms with Crippen molar-refractivity contribution >= 4 is 16.8 Å². The molecule has 3 nitrogen and oxygen atoms in total. The molecular formula is C16H20N2O. The summed E-state index contributed by atoms with van der Waals surface area (Å²) < 4.78 is 2.13. The molecule has 19 heavy (non-hydrogen) atoms. The van der Waals surface area contributed by atoms with Gasteiger partial charge in [0, 0.05) is 23.8 Å². The number of carbonyl (C=O) groups is 1. The molecule has 2 aromatic rings. The third-order valence-electron chi connectivity index (χ3n) is 3.96. The molecule has 1 amide bonds. The summed E-state index contributed by atoms with van der Waals surface area (Å²) in [7, 11) is 0. The Morgan fingerprint density at radius 2 is 2.11 bits per heavy atom. The molecule has 0 bridgehead atoms. The van der Waals surface area contributed by atoms with Crippen LogP contribution < -0.4 is 0 Å². The Kier molecular flexibility index (Phi) is 3.05. The van der Waals surface area contributed by atoms with Gasteiger partial charge in [-0.25, -0.2) is 0 Å². The number of hydrogen-bond acceptors (Lipinski definition) is 1. The van der Waals surface area contributed by atoms with Gasteiger partial charge in [-0.1, -0.05) is 18.2 Å². The zero-order valence-electron chi connectivity index (χ0n) is 11.6. The first kappa shape index (κ1) is 12.3. The van der Waals surface area contributed by atoms with Gasteiger partial charge in [-0.15, -0.1) is 0 Å². The van der Waals surface area contributed by atoms with E-state index < -0.39 is 0 Å². The Bertz CT molecular complexity index is 610. The van der Waals surface area contributed by atoms with Crippen molar-refractivity contribution in [3.63, 3.8) is 0 Å². The number of benzene rings is 1. The number of aryl methyl sites for hydroxylation is 1. The predicted octanol–water partition coefficient (Wildman–Crippen LogP) is 2.96. The van der Waals surface area contributed by atoms with Crippen molar-refractivity contribution < 1.29 is 4.79 Å². The van der Waals surface area contributed by atoms with Gasteiger partial charge < -0.3 is 9.47 Å². The highest BCUT2D eigenvalue weighted by Gasteiger charge is 2.31. The molecule has 3 rings (SSSR count). The molecule has 1 aromatic carbocycles. The summed E-state index contributed by atoms with van der Waals surface area (Å²) in [6.45, 7) is 5.42. The van der Waals surface area contributed by atoms with Gasteiger partial charge in [-0.2, -0.15) is 0 Å². The first-order chi connectivity index (χ1) is 9.20. The minimum absolute atomic E-state index is 0.245. The van der Waals surface area contributed by atoms with Crippen LogP contribution in [0, 0.1) is 6.92 Å². The fourth-order valence-corrected chi connectivity index (χ4v) is 2.81. The Morgan fingerprint density at radius 3 is 2.79 bits per heavy atom. The number of aromatic nitrogens is 1. The van der Waals surface area contributed by atoms with E-state index >= 15 is 0 Å². The highest BCUT2D eigenvalue weighted by atomic mass is 16.2. The van der Waals surface area contributed by atoms with Crippen molar-refractivity contribution in [1.29, 1.82) is 0 Å². The maximum atomic E-state index is 12.4. The second kappa shape index (κ2) is 4.72. The quantitative estimate of drug-likeness (QED) is 0.825. The summed E-state index contributed by atoms with van der Waals surface area (Å²) in [5.41, 5.74) is 2.31. The highest BCUT2D eigenvalue weighted by molar-refractivity contribution is 5.84. The molecule has 0 unspecified atom stereocenters. The molecule has 0 aliphatic heterocycles. The number of hydrogen-bond donors (Lipinski definition) is 0. The molecule has 0 spiro atoms. The fourth-order valence-electron chi connectivity index (χ4n) is 2.81. The fraction of sp³-hybridized carbons (Fsp3) is 0.438. The molecular weight excluding hydrogens is 236 g/mol. The maximum Gasteiger partial charge on any atom is 0.242 e. The number of amides is 1. The largest absolute Gasteiger partial charge is 0.338 e.